The van der Waals surface area contributed by atoms with Crippen LogP contribution < -0.4 is 5.32 Å². The van der Waals surface area contributed by atoms with Crippen LogP contribution in [0.15, 0.2) is 30.3 Å². The molecular formula is C17H17N3OS. The molecule has 112 valence electrons. The van der Waals surface area contributed by atoms with Gasteiger partial charge in [-0.3, -0.25) is 9.78 Å². The Morgan fingerprint density at radius 1 is 1.14 bits per heavy atom. The van der Waals surface area contributed by atoms with Crippen LogP contribution in [0.1, 0.15) is 21.3 Å². The summed E-state index contributed by atoms with van der Waals surface area (Å²) in [6, 6.07) is 9.72. The van der Waals surface area contributed by atoms with Gasteiger partial charge in [0.2, 0.25) is 5.91 Å². The summed E-state index contributed by atoms with van der Waals surface area (Å²) in [5.41, 5.74) is 3.59. The van der Waals surface area contributed by atoms with Crippen molar-refractivity contribution in [1.29, 1.82) is 0 Å². The maximum absolute atomic E-state index is 12.3. The van der Waals surface area contributed by atoms with Gasteiger partial charge in [0.15, 0.2) is 0 Å². The zero-order chi connectivity index (χ0) is 15.7. The first-order chi connectivity index (χ1) is 10.5. The number of carbonyl (C=O) groups excluding carboxylic acids is 1. The van der Waals surface area contributed by atoms with Crippen LogP contribution in [0.25, 0.3) is 10.9 Å². The molecule has 1 N–H and O–H groups in total. The lowest BCUT2D eigenvalue weighted by molar-refractivity contribution is -0.115. The summed E-state index contributed by atoms with van der Waals surface area (Å²) in [4.78, 5) is 22.2. The van der Waals surface area contributed by atoms with Crippen molar-refractivity contribution < 1.29 is 4.79 Å². The normalized spacial score (nSPS) is 10.9. The van der Waals surface area contributed by atoms with Gasteiger partial charge in [0.05, 0.1) is 28.3 Å². The average Bonchev–Trinajstić information content (AvgIpc) is 2.76. The van der Waals surface area contributed by atoms with E-state index in [0.29, 0.717) is 6.42 Å². The van der Waals surface area contributed by atoms with E-state index in [9.17, 15) is 4.79 Å². The van der Waals surface area contributed by atoms with Gasteiger partial charge in [-0.2, -0.15) is 0 Å². The van der Waals surface area contributed by atoms with Crippen molar-refractivity contribution in [2.24, 2.45) is 0 Å². The zero-order valence-electron chi connectivity index (χ0n) is 12.8. The second-order valence-electron chi connectivity index (χ2n) is 5.29. The number of carbonyl (C=O) groups is 1. The monoisotopic (exact) mass is 311 g/mol. The van der Waals surface area contributed by atoms with Gasteiger partial charge in [-0.1, -0.05) is 6.07 Å². The molecule has 2 aromatic heterocycles. The lowest BCUT2D eigenvalue weighted by atomic mass is 10.1. The Morgan fingerprint density at radius 2 is 1.95 bits per heavy atom. The van der Waals surface area contributed by atoms with Crippen LogP contribution in [0, 0.1) is 20.8 Å². The number of anilines is 1. The fourth-order valence-corrected chi connectivity index (χ4v) is 3.38. The van der Waals surface area contributed by atoms with Gasteiger partial charge < -0.3 is 5.32 Å². The minimum atomic E-state index is -0.0279. The van der Waals surface area contributed by atoms with Gasteiger partial charge in [-0.15, -0.1) is 11.3 Å². The number of hydrogen-bond acceptors (Lipinski definition) is 4. The minimum Gasteiger partial charge on any atom is -0.325 e. The number of nitrogens with one attached hydrogen (secondary N) is 1. The maximum atomic E-state index is 12.3. The van der Waals surface area contributed by atoms with E-state index >= 15 is 0 Å². The largest absolute Gasteiger partial charge is 0.325 e. The Morgan fingerprint density at radius 3 is 2.68 bits per heavy atom. The quantitative estimate of drug-likeness (QED) is 0.800. The summed E-state index contributed by atoms with van der Waals surface area (Å²) in [6.07, 6.45) is 0.354. The second kappa shape index (κ2) is 5.85. The molecule has 0 atom stereocenters. The molecular weight excluding hydrogens is 294 g/mol. The predicted octanol–water partition coefficient (Wildman–Crippen LogP) is 3.80. The number of nitrogens with zero attached hydrogens (tertiary/aromatic N) is 2. The molecule has 0 aliphatic rings. The van der Waals surface area contributed by atoms with Gasteiger partial charge in [0.1, 0.15) is 0 Å². The highest BCUT2D eigenvalue weighted by atomic mass is 32.1. The molecule has 0 aliphatic heterocycles. The van der Waals surface area contributed by atoms with Crippen molar-refractivity contribution in [2.75, 3.05) is 5.32 Å². The third-order valence-electron chi connectivity index (χ3n) is 3.47. The van der Waals surface area contributed by atoms with E-state index in [-0.39, 0.29) is 5.91 Å². The van der Waals surface area contributed by atoms with Gasteiger partial charge >= 0.3 is 0 Å². The van der Waals surface area contributed by atoms with Crippen molar-refractivity contribution in [2.45, 2.75) is 27.2 Å². The summed E-state index contributed by atoms with van der Waals surface area (Å²) in [5.74, 6) is -0.0279. The Kier molecular flexibility index (Phi) is 3.90. The van der Waals surface area contributed by atoms with Crippen LogP contribution in [0.5, 0.6) is 0 Å². The highest BCUT2D eigenvalue weighted by Crippen LogP contribution is 2.23. The number of fused-ring (bicyclic) bond motifs is 1. The van der Waals surface area contributed by atoms with Crippen molar-refractivity contribution in [1.82, 2.24) is 9.97 Å². The van der Waals surface area contributed by atoms with Gasteiger partial charge in [0.25, 0.3) is 0 Å². The Balaban J connectivity index is 1.84. The Bertz CT molecular complexity index is 854. The lowest BCUT2D eigenvalue weighted by Crippen LogP contribution is -2.14. The van der Waals surface area contributed by atoms with E-state index in [2.05, 4.69) is 15.3 Å². The molecule has 1 amide bonds. The number of rotatable bonds is 3. The summed E-state index contributed by atoms with van der Waals surface area (Å²) < 4.78 is 0. The minimum absolute atomic E-state index is 0.0279. The summed E-state index contributed by atoms with van der Waals surface area (Å²) >= 11 is 1.57. The van der Waals surface area contributed by atoms with Crippen LogP contribution in [-0.2, 0) is 11.2 Å². The number of hydrogen-bond donors (Lipinski definition) is 1. The molecule has 0 bridgehead atoms. The van der Waals surface area contributed by atoms with E-state index in [1.54, 1.807) is 11.3 Å². The predicted molar refractivity (Wildman–Crippen MR) is 90.4 cm³/mol. The number of thiazole rings is 1. The lowest BCUT2D eigenvalue weighted by Gasteiger charge is -2.08. The fraction of sp³-hybridized carbons (Fsp3) is 0.235. The van der Waals surface area contributed by atoms with E-state index < -0.39 is 0 Å². The standard InChI is InChI=1S/C17H17N3OS/c1-10-7-8-13-14(18-10)5-4-6-15(13)20-17(21)9-16-11(2)19-12(3)22-16/h4-8H,9H2,1-3H3,(H,20,21). The number of pyridine rings is 1. The summed E-state index contributed by atoms with van der Waals surface area (Å²) in [6.45, 7) is 5.86. The molecule has 4 nitrogen and oxygen atoms in total. The van der Waals surface area contributed by atoms with Crippen molar-refractivity contribution in [3.05, 3.63) is 51.6 Å². The average molecular weight is 311 g/mol. The zero-order valence-corrected chi connectivity index (χ0v) is 13.6. The molecule has 5 heteroatoms. The molecule has 0 unspecified atom stereocenters. The highest BCUT2D eigenvalue weighted by Gasteiger charge is 2.11. The molecule has 2 heterocycles. The molecule has 3 rings (SSSR count). The topological polar surface area (TPSA) is 54.9 Å². The number of benzene rings is 1. The van der Waals surface area contributed by atoms with Crippen molar-refractivity contribution in [3.63, 3.8) is 0 Å². The Hall–Kier alpha value is -2.27. The van der Waals surface area contributed by atoms with Crippen LogP contribution in [0.2, 0.25) is 0 Å². The summed E-state index contributed by atoms with van der Waals surface area (Å²) in [7, 11) is 0. The van der Waals surface area contributed by atoms with Crippen molar-refractivity contribution >= 4 is 33.8 Å². The van der Waals surface area contributed by atoms with Crippen molar-refractivity contribution in [3.8, 4) is 0 Å². The van der Waals surface area contributed by atoms with Gasteiger partial charge in [-0.25, -0.2) is 4.98 Å². The first-order valence-electron chi connectivity index (χ1n) is 7.12. The molecule has 0 spiro atoms. The van der Waals surface area contributed by atoms with Crippen LogP contribution in [-0.4, -0.2) is 15.9 Å². The SMILES string of the molecule is Cc1ccc2c(NC(=O)Cc3sc(C)nc3C)cccc2n1. The molecule has 0 fully saturated rings. The highest BCUT2D eigenvalue weighted by molar-refractivity contribution is 7.11. The fourth-order valence-electron chi connectivity index (χ4n) is 2.44. The number of amides is 1. The molecule has 3 aromatic rings. The van der Waals surface area contributed by atoms with E-state index in [1.807, 2.05) is 51.1 Å². The molecule has 22 heavy (non-hydrogen) atoms. The third-order valence-corrected chi connectivity index (χ3v) is 4.54. The van der Waals surface area contributed by atoms with Crippen LogP contribution in [0.4, 0.5) is 5.69 Å². The van der Waals surface area contributed by atoms with Gasteiger partial charge in [-0.05, 0) is 45.0 Å². The van der Waals surface area contributed by atoms with Crippen LogP contribution >= 0.6 is 11.3 Å². The van der Waals surface area contributed by atoms with Crippen LogP contribution in [0.3, 0.4) is 0 Å². The van der Waals surface area contributed by atoms with E-state index in [4.69, 9.17) is 0 Å². The smallest absolute Gasteiger partial charge is 0.229 e. The first kappa shape index (κ1) is 14.7. The molecule has 0 radical (unpaired) electrons. The first-order valence-corrected chi connectivity index (χ1v) is 7.94. The van der Waals surface area contributed by atoms with E-state index in [1.165, 1.54) is 0 Å². The van der Waals surface area contributed by atoms with E-state index in [0.717, 1.165) is 37.9 Å². The number of aromatic nitrogens is 2. The van der Waals surface area contributed by atoms with Gasteiger partial charge in [0, 0.05) is 16.0 Å². The Labute approximate surface area is 133 Å². The summed E-state index contributed by atoms with van der Waals surface area (Å²) in [5, 5.41) is 4.94. The molecule has 1 aromatic carbocycles. The maximum Gasteiger partial charge on any atom is 0.229 e. The molecule has 0 aliphatic carbocycles. The molecule has 0 saturated carbocycles. The third kappa shape index (κ3) is 2.99. The molecule has 0 saturated heterocycles. The number of aryl methyl sites for hydroxylation is 3. The second-order valence-corrected chi connectivity index (χ2v) is 6.58.